The molecular formula is C31H24Cl2N2O3. The molecule has 0 radical (unpaired) electrons. The molecule has 38 heavy (non-hydrogen) atoms. The lowest BCUT2D eigenvalue weighted by molar-refractivity contribution is -0.114. The van der Waals surface area contributed by atoms with Crippen LogP contribution in [0, 0.1) is 0 Å². The van der Waals surface area contributed by atoms with Gasteiger partial charge in [0.25, 0.3) is 5.91 Å². The Kier molecular flexibility index (Phi) is 7.78. The number of ether oxygens (including phenoxy) is 2. The van der Waals surface area contributed by atoms with Crippen molar-refractivity contribution >= 4 is 46.6 Å². The quantitative estimate of drug-likeness (QED) is 0.213. The van der Waals surface area contributed by atoms with E-state index in [0.29, 0.717) is 45.1 Å². The summed E-state index contributed by atoms with van der Waals surface area (Å²) in [6.07, 6.45) is 1.83. The molecule has 1 aliphatic heterocycles. The van der Waals surface area contributed by atoms with Gasteiger partial charge >= 0.3 is 0 Å². The van der Waals surface area contributed by atoms with Crippen LogP contribution in [0.1, 0.15) is 23.6 Å². The molecule has 0 aliphatic carbocycles. The fraction of sp³-hybridized carbons (Fsp3) is 0.0968. The summed E-state index contributed by atoms with van der Waals surface area (Å²) in [4.78, 5) is 13.6. The number of rotatable bonds is 8. The zero-order chi connectivity index (χ0) is 26.5. The summed E-state index contributed by atoms with van der Waals surface area (Å²) in [6.45, 7) is 2.62. The first-order valence-corrected chi connectivity index (χ1v) is 12.9. The van der Waals surface area contributed by atoms with Crippen molar-refractivity contribution in [2.24, 2.45) is 5.10 Å². The van der Waals surface area contributed by atoms with Crippen LogP contribution in [-0.2, 0) is 11.4 Å². The Labute approximate surface area is 231 Å². The Balaban J connectivity index is 1.47. The third-order valence-electron chi connectivity index (χ3n) is 5.90. The molecule has 4 aromatic carbocycles. The molecule has 5 rings (SSSR count). The second-order valence-electron chi connectivity index (χ2n) is 8.49. The Morgan fingerprint density at radius 2 is 1.58 bits per heavy atom. The van der Waals surface area contributed by atoms with E-state index in [1.54, 1.807) is 12.1 Å². The molecule has 0 spiro atoms. The van der Waals surface area contributed by atoms with Crippen molar-refractivity contribution in [3.63, 3.8) is 0 Å². The van der Waals surface area contributed by atoms with Crippen LogP contribution in [0.5, 0.6) is 11.5 Å². The molecule has 0 aromatic heterocycles. The van der Waals surface area contributed by atoms with Gasteiger partial charge in [-0.1, -0.05) is 83.9 Å². The number of para-hydroxylation sites is 1. The highest BCUT2D eigenvalue weighted by atomic mass is 35.5. The third kappa shape index (κ3) is 5.59. The van der Waals surface area contributed by atoms with Gasteiger partial charge in [-0.15, -0.1) is 0 Å². The van der Waals surface area contributed by atoms with E-state index in [-0.39, 0.29) is 12.5 Å². The molecule has 0 unspecified atom stereocenters. The van der Waals surface area contributed by atoms with Gasteiger partial charge in [-0.25, -0.2) is 0 Å². The molecular weight excluding hydrogens is 519 g/mol. The number of amides is 1. The Morgan fingerprint density at radius 1 is 0.842 bits per heavy atom. The van der Waals surface area contributed by atoms with Gasteiger partial charge in [0.1, 0.15) is 12.3 Å². The predicted octanol–water partition coefficient (Wildman–Crippen LogP) is 7.81. The van der Waals surface area contributed by atoms with Crippen LogP contribution in [0.3, 0.4) is 0 Å². The van der Waals surface area contributed by atoms with Crippen LogP contribution in [0.15, 0.2) is 108 Å². The number of carbonyl (C=O) groups excluding carboxylic acids is 1. The smallest absolute Gasteiger partial charge is 0.281 e. The summed E-state index contributed by atoms with van der Waals surface area (Å²) in [5, 5.41) is 7.23. The van der Waals surface area contributed by atoms with E-state index in [1.165, 1.54) is 5.01 Å². The monoisotopic (exact) mass is 542 g/mol. The van der Waals surface area contributed by atoms with Crippen molar-refractivity contribution in [1.82, 2.24) is 0 Å². The molecule has 7 heteroatoms. The maximum Gasteiger partial charge on any atom is 0.281 e. The summed E-state index contributed by atoms with van der Waals surface area (Å²) in [5.41, 5.74) is 4.25. The lowest BCUT2D eigenvalue weighted by Gasteiger charge is -2.14. The first-order valence-electron chi connectivity index (χ1n) is 12.1. The van der Waals surface area contributed by atoms with Gasteiger partial charge in [0, 0.05) is 21.2 Å². The molecule has 190 valence electrons. The van der Waals surface area contributed by atoms with Crippen molar-refractivity contribution in [2.75, 3.05) is 11.6 Å². The molecule has 5 nitrogen and oxygen atoms in total. The average Bonchev–Trinajstić information content (AvgIpc) is 3.26. The van der Waals surface area contributed by atoms with Crippen molar-refractivity contribution in [1.29, 1.82) is 0 Å². The van der Waals surface area contributed by atoms with E-state index in [9.17, 15) is 4.79 Å². The maximum absolute atomic E-state index is 13.6. The van der Waals surface area contributed by atoms with Gasteiger partial charge in [-0.05, 0) is 55.0 Å². The summed E-state index contributed by atoms with van der Waals surface area (Å²) in [6, 6.07) is 29.9. The SMILES string of the molecule is CCOc1cc(/C=C2\C(=O)N(c3ccccc3)N=C2c2ccccc2)ccc1OCc1ccc(Cl)cc1Cl. The van der Waals surface area contributed by atoms with Crippen LogP contribution in [0.25, 0.3) is 6.08 Å². The number of halogens is 2. The summed E-state index contributed by atoms with van der Waals surface area (Å²) < 4.78 is 11.9. The normalized spacial score (nSPS) is 14.1. The summed E-state index contributed by atoms with van der Waals surface area (Å²) in [7, 11) is 0. The molecule has 0 N–H and O–H groups in total. The maximum atomic E-state index is 13.6. The van der Waals surface area contributed by atoms with Crippen LogP contribution in [-0.4, -0.2) is 18.2 Å². The lowest BCUT2D eigenvalue weighted by atomic mass is 10.00. The van der Waals surface area contributed by atoms with Crippen LogP contribution >= 0.6 is 23.2 Å². The zero-order valence-corrected chi connectivity index (χ0v) is 22.1. The average molecular weight is 543 g/mol. The van der Waals surface area contributed by atoms with Gasteiger partial charge < -0.3 is 9.47 Å². The van der Waals surface area contributed by atoms with E-state index >= 15 is 0 Å². The number of hydrazone groups is 1. The van der Waals surface area contributed by atoms with Crippen LogP contribution in [0.2, 0.25) is 10.0 Å². The molecule has 1 amide bonds. The Morgan fingerprint density at radius 3 is 2.29 bits per heavy atom. The van der Waals surface area contributed by atoms with Crippen molar-refractivity contribution in [2.45, 2.75) is 13.5 Å². The second-order valence-corrected chi connectivity index (χ2v) is 9.33. The Hall–Kier alpha value is -4.06. The van der Waals surface area contributed by atoms with Crippen LogP contribution in [0.4, 0.5) is 5.69 Å². The van der Waals surface area contributed by atoms with Crippen molar-refractivity contribution in [3.05, 3.63) is 129 Å². The van der Waals surface area contributed by atoms with Gasteiger partial charge in [-0.3, -0.25) is 4.79 Å². The topological polar surface area (TPSA) is 51.1 Å². The molecule has 4 aromatic rings. The standard InChI is InChI=1S/C31H24Cl2N2O3/c1-2-37-29-18-21(13-16-28(29)38-20-23-14-15-24(32)19-27(23)33)17-26-30(22-9-5-3-6-10-22)34-35(31(26)36)25-11-7-4-8-12-25/h3-19H,2,20H2,1H3/b26-17-. The summed E-state index contributed by atoms with van der Waals surface area (Å²) >= 11 is 12.3. The van der Waals surface area contributed by atoms with Gasteiger partial charge in [0.2, 0.25) is 0 Å². The number of anilines is 1. The number of carbonyl (C=O) groups is 1. The lowest BCUT2D eigenvalue weighted by Crippen LogP contribution is -2.21. The molecule has 1 heterocycles. The predicted molar refractivity (Wildman–Crippen MR) is 153 cm³/mol. The highest BCUT2D eigenvalue weighted by Gasteiger charge is 2.32. The van der Waals surface area contributed by atoms with E-state index in [0.717, 1.165) is 16.7 Å². The molecule has 0 saturated heterocycles. The third-order valence-corrected chi connectivity index (χ3v) is 6.49. The molecule has 0 atom stereocenters. The molecule has 0 saturated carbocycles. The van der Waals surface area contributed by atoms with Gasteiger partial charge in [0.15, 0.2) is 11.5 Å². The van der Waals surface area contributed by atoms with Crippen LogP contribution < -0.4 is 14.5 Å². The van der Waals surface area contributed by atoms with Crippen molar-refractivity contribution < 1.29 is 14.3 Å². The first kappa shape index (κ1) is 25.6. The van der Waals surface area contributed by atoms with E-state index in [4.69, 9.17) is 37.8 Å². The van der Waals surface area contributed by atoms with Crippen molar-refractivity contribution in [3.8, 4) is 11.5 Å². The van der Waals surface area contributed by atoms with Gasteiger partial charge in [0.05, 0.1) is 17.9 Å². The number of benzene rings is 4. The molecule has 0 fully saturated rings. The fourth-order valence-electron chi connectivity index (χ4n) is 4.06. The number of hydrogen-bond acceptors (Lipinski definition) is 4. The largest absolute Gasteiger partial charge is 0.490 e. The highest BCUT2D eigenvalue weighted by molar-refractivity contribution is 6.37. The highest BCUT2D eigenvalue weighted by Crippen LogP contribution is 2.33. The van der Waals surface area contributed by atoms with Gasteiger partial charge in [-0.2, -0.15) is 10.1 Å². The number of hydrogen-bond donors (Lipinski definition) is 0. The van der Waals surface area contributed by atoms with E-state index < -0.39 is 0 Å². The van der Waals surface area contributed by atoms with E-state index in [2.05, 4.69) is 0 Å². The zero-order valence-electron chi connectivity index (χ0n) is 20.6. The minimum atomic E-state index is -0.203. The first-order chi connectivity index (χ1) is 18.5. The van der Waals surface area contributed by atoms with E-state index in [1.807, 2.05) is 97.9 Å². The number of nitrogens with zero attached hydrogens (tertiary/aromatic N) is 2. The Bertz CT molecular complexity index is 1520. The second kappa shape index (κ2) is 11.5. The minimum absolute atomic E-state index is 0.203. The molecule has 1 aliphatic rings. The molecule has 0 bridgehead atoms. The minimum Gasteiger partial charge on any atom is -0.490 e. The summed E-state index contributed by atoms with van der Waals surface area (Å²) in [5.74, 6) is 0.932. The fourth-order valence-corrected chi connectivity index (χ4v) is 4.52.